The summed E-state index contributed by atoms with van der Waals surface area (Å²) in [5, 5.41) is 8.42. The fourth-order valence-electron chi connectivity index (χ4n) is 2.94. The van der Waals surface area contributed by atoms with Crippen LogP contribution in [0.15, 0.2) is 60.7 Å². The molecule has 9 heteroatoms. The minimum Gasteiger partial charge on any atom is -0.412 e. The van der Waals surface area contributed by atoms with Crippen LogP contribution < -0.4 is 11.5 Å². The highest BCUT2D eigenvalue weighted by Crippen LogP contribution is 2.19. The first-order valence-electron chi connectivity index (χ1n) is 9.19. The molecule has 0 saturated heterocycles. The lowest BCUT2D eigenvalue weighted by atomic mass is 10.2. The summed E-state index contributed by atoms with van der Waals surface area (Å²) in [4.78, 5) is 21.5. The van der Waals surface area contributed by atoms with Crippen LogP contribution in [-0.2, 0) is 0 Å². The van der Waals surface area contributed by atoms with E-state index >= 15 is 0 Å². The normalized spacial score (nSPS) is 9.87. The summed E-state index contributed by atoms with van der Waals surface area (Å²) < 4.78 is 3.14. The average molecular weight is 420 g/mol. The maximum absolute atomic E-state index is 10.8. The number of para-hydroxylation sites is 2. The second-order valence-electron chi connectivity index (χ2n) is 6.50. The number of anilines is 2. The number of aldehydes is 2. The Morgan fingerprint density at radius 3 is 1.26 bits per heavy atom. The van der Waals surface area contributed by atoms with Gasteiger partial charge in [0, 0.05) is 0 Å². The Balaban J connectivity index is 0.000000213. The maximum Gasteiger partial charge on any atom is 0.155 e. The molecule has 31 heavy (non-hydrogen) atoms. The van der Waals surface area contributed by atoms with Crippen molar-refractivity contribution < 1.29 is 15.1 Å². The van der Waals surface area contributed by atoms with Crippen LogP contribution in [0.2, 0.25) is 0 Å². The van der Waals surface area contributed by atoms with Crippen LogP contribution in [0.3, 0.4) is 0 Å². The van der Waals surface area contributed by atoms with Gasteiger partial charge in [-0.1, -0.05) is 36.4 Å². The van der Waals surface area contributed by atoms with Gasteiger partial charge in [0.1, 0.15) is 11.6 Å². The number of nitrogens with two attached hydrogens (primary N) is 2. The van der Waals surface area contributed by atoms with E-state index in [9.17, 15) is 9.59 Å². The molecule has 160 valence electrons. The first-order valence-corrected chi connectivity index (χ1v) is 9.19. The van der Waals surface area contributed by atoms with E-state index in [0.29, 0.717) is 34.2 Å². The minimum atomic E-state index is 0. The molecular formula is C22H24N6O3. The van der Waals surface area contributed by atoms with Gasteiger partial charge >= 0.3 is 0 Å². The molecule has 2 aromatic carbocycles. The van der Waals surface area contributed by atoms with Gasteiger partial charge in [-0.3, -0.25) is 9.59 Å². The Hall–Kier alpha value is -4.24. The summed E-state index contributed by atoms with van der Waals surface area (Å²) >= 11 is 0. The van der Waals surface area contributed by atoms with Gasteiger partial charge in [0.05, 0.1) is 33.9 Å². The van der Waals surface area contributed by atoms with Gasteiger partial charge in [-0.15, -0.1) is 0 Å². The van der Waals surface area contributed by atoms with Gasteiger partial charge < -0.3 is 16.9 Å². The van der Waals surface area contributed by atoms with E-state index in [2.05, 4.69) is 10.2 Å². The number of rotatable bonds is 4. The maximum atomic E-state index is 10.8. The number of hydrogen-bond acceptors (Lipinski definition) is 6. The molecule has 0 fully saturated rings. The van der Waals surface area contributed by atoms with Gasteiger partial charge in [0.15, 0.2) is 12.6 Å². The van der Waals surface area contributed by atoms with Crippen molar-refractivity contribution in [2.24, 2.45) is 0 Å². The third-order valence-corrected chi connectivity index (χ3v) is 4.53. The molecule has 0 aliphatic rings. The van der Waals surface area contributed by atoms with E-state index in [0.717, 1.165) is 23.9 Å². The van der Waals surface area contributed by atoms with Crippen LogP contribution >= 0.6 is 0 Å². The van der Waals surface area contributed by atoms with Crippen LogP contribution in [0.5, 0.6) is 0 Å². The third-order valence-electron chi connectivity index (χ3n) is 4.53. The SMILES string of the molecule is Cc1nn(-c2ccccc2)c(N)c1C=O.Cc1nn(-c2ccccc2)c(N)c1C=O.O. The number of hydrogen-bond donors (Lipinski definition) is 2. The highest BCUT2D eigenvalue weighted by Gasteiger charge is 2.13. The second kappa shape index (κ2) is 9.99. The van der Waals surface area contributed by atoms with Crippen molar-refractivity contribution in [3.05, 3.63) is 83.2 Å². The number of aromatic nitrogens is 4. The van der Waals surface area contributed by atoms with E-state index in [1.54, 1.807) is 23.2 Å². The Labute approximate surface area is 179 Å². The van der Waals surface area contributed by atoms with Crippen LogP contribution in [0.4, 0.5) is 11.6 Å². The standard InChI is InChI=1S/2C11H11N3O.H2O/c2*1-8-10(7-15)11(12)14(13-8)9-5-3-2-4-6-9;/h2*2-7H,12H2,1H3;1H2. The molecule has 0 amide bonds. The number of aryl methyl sites for hydroxylation is 2. The van der Waals surface area contributed by atoms with Crippen LogP contribution in [0, 0.1) is 13.8 Å². The molecule has 0 radical (unpaired) electrons. The second-order valence-corrected chi connectivity index (χ2v) is 6.50. The summed E-state index contributed by atoms with van der Waals surface area (Å²) in [5.41, 5.74) is 15.5. The molecule has 0 unspecified atom stereocenters. The molecule has 2 aromatic heterocycles. The molecule has 0 aliphatic heterocycles. The minimum absolute atomic E-state index is 0. The van der Waals surface area contributed by atoms with Gasteiger partial charge in [0.25, 0.3) is 0 Å². The summed E-state index contributed by atoms with van der Waals surface area (Å²) in [7, 11) is 0. The monoisotopic (exact) mass is 420 g/mol. The Kier molecular flexibility index (Phi) is 7.43. The van der Waals surface area contributed by atoms with Crippen molar-refractivity contribution in [1.29, 1.82) is 0 Å². The molecule has 6 N–H and O–H groups in total. The highest BCUT2D eigenvalue weighted by atomic mass is 16.1. The molecule has 0 spiro atoms. The van der Waals surface area contributed by atoms with E-state index < -0.39 is 0 Å². The molecule has 4 aromatic rings. The fourth-order valence-corrected chi connectivity index (χ4v) is 2.94. The number of benzene rings is 2. The number of nitrogens with zero attached hydrogens (tertiary/aromatic N) is 4. The van der Waals surface area contributed by atoms with Crippen molar-refractivity contribution in [3.8, 4) is 11.4 Å². The van der Waals surface area contributed by atoms with Crippen LogP contribution in [-0.4, -0.2) is 37.6 Å². The zero-order valence-electron chi connectivity index (χ0n) is 17.2. The third kappa shape index (κ3) is 4.68. The predicted octanol–water partition coefficient (Wildman–Crippen LogP) is 2.33. The van der Waals surface area contributed by atoms with E-state index in [1.807, 2.05) is 60.7 Å². The summed E-state index contributed by atoms with van der Waals surface area (Å²) in [6.45, 7) is 3.53. The molecule has 9 nitrogen and oxygen atoms in total. The van der Waals surface area contributed by atoms with E-state index in [4.69, 9.17) is 11.5 Å². The molecule has 0 bridgehead atoms. The largest absolute Gasteiger partial charge is 0.412 e. The Bertz CT molecular complexity index is 1070. The quantitative estimate of drug-likeness (QED) is 0.483. The molecule has 2 heterocycles. The van der Waals surface area contributed by atoms with Gasteiger partial charge in [-0.2, -0.15) is 10.2 Å². The van der Waals surface area contributed by atoms with E-state index in [-0.39, 0.29) is 5.48 Å². The molecular weight excluding hydrogens is 396 g/mol. The van der Waals surface area contributed by atoms with Crippen molar-refractivity contribution in [2.45, 2.75) is 13.8 Å². The Morgan fingerprint density at radius 2 is 1.00 bits per heavy atom. The van der Waals surface area contributed by atoms with Crippen LogP contribution in [0.25, 0.3) is 11.4 Å². The number of carbonyl (C=O) groups excluding carboxylic acids is 2. The fraction of sp³-hybridized carbons (Fsp3) is 0.0909. The molecule has 0 saturated carbocycles. The average Bonchev–Trinajstić information content (AvgIpc) is 3.23. The lowest BCUT2D eigenvalue weighted by Crippen LogP contribution is -2.02. The van der Waals surface area contributed by atoms with Crippen molar-refractivity contribution in [2.75, 3.05) is 11.5 Å². The zero-order chi connectivity index (χ0) is 21.7. The lowest BCUT2D eigenvalue weighted by molar-refractivity contribution is 0.111. The summed E-state index contributed by atoms with van der Waals surface area (Å²) in [6.07, 6.45) is 1.47. The van der Waals surface area contributed by atoms with Gasteiger partial charge in [0.2, 0.25) is 0 Å². The van der Waals surface area contributed by atoms with E-state index in [1.165, 1.54) is 0 Å². The first kappa shape index (κ1) is 23.0. The van der Waals surface area contributed by atoms with Crippen molar-refractivity contribution in [1.82, 2.24) is 19.6 Å². The lowest BCUT2D eigenvalue weighted by Gasteiger charge is -2.02. The smallest absolute Gasteiger partial charge is 0.155 e. The molecule has 0 atom stereocenters. The summed E-state index contributed by atoms with van der Waals surface area (Å²) in [6, 6.07) is 19.0. The van der Waals surface area contributed by atoms with Gasteiger partial charge in [-0.05, 0) is 38.1 Å². The highest BCUT2D eigenvalue weighted by molar-refractivity contribution is 5.84. The van der Waals surface area contributed by atoms with Crippen molar-refractivity contribution >= 4 is 24.2 Å². The topological polar surface area (TPSA) is 153 Å². The van der Waals surface area contributed by atoms with Gasteiger partial charge in [-0.25, -0.2) is 9.36 Å². The molecule has 0 aliphatic carbocycles. The predicted molar refractivity (Wildman–Crippen MR) is 120 cm³/mol. The summed E-state index contributed by atoms with van der Waals surface area (Å²) in [5.74, 6) is 0.766. The zero-order valence-corrected chi connectivity index (χ0v) is 17.2. The first-order chi connectivity index (χ1) is 14.5. The number of nitrogen functional groups attached to an aromatic ring is 2. The number of carbonyl (C=O) groups is 2. The molecule has 4 rings (SSSR count). The van der Waals surface area contributed by atoms with Crippen molar-refractivity contribution in [3.63, 3.8) is 0 Å². The Morgan fingerprint density at radius 1 is 0.677 bits per heavy atom. The van der Waals surface area contributed by atoms with Crippen LogP contribution in [0.1, 0.15) is 32.1 Å².